The van der Waals surface area contributed by atoms with Gasteiger partial charge in [0.25, 0.3) is 0 Å². The number of aromatic nitrogens is 6. The third kappa shape index (κ3) is 5.15. The van der Waals surface area contributed by atoms with Gasteiger partial charge in [-0.2, -0.15) is 13.1 Å². The Morgan fingerprint density at radius 3 is 2.77 bits per heavy atom. The Morgan fingerprint density at radius 1 is 1.12 bits per heavy atom. The quantitative estimate of drug-likeness (QED) is 0.289. The molecule has 4 N–H and O–H groups in total. The molecule has 3 aromatic heterocycles. The number of phosphoric acid groups is 1. The van der Waals surface area contributed by atoms with E-state index in [0.717, 1.165) is 6.33 Å². The zero-order valence-corrected chi connectivity index (χ0v) is 23.5. The molecule has 43 heavy (non-hydrogen) atoms. The molecule has 8 atom stereocenters. The monoisotopic (exact) mass is 643 g/mol. The maximum atomic E-state index is 15.8. The molecule has 7 heterocycles. The molecule has 7 rings (SSSR count). The van der Waals surface area contributed by atoms with Crippen LogP contribution >= 0.6 is 7.82 Å². The van der Waals surface area contributed by atoms with Gasteiger partial charge in [-0.25, -0.2) is 28.9 Å². The number of imidazole rings is 2. The van der Waals surface area contributed by atoms with Crippen molar-refractivity contribution >= 4 is 47.1 Å². The number of carbonyl (C=O) groups excluding carboxylic acids is 1. The van der Waals surface area contributed by atoms with Crippen molar-refractivity contribution < 1.29 is 49.8 Å². The Morgan fingerprint density at radius 2 is 1.93 bits per heavy atom. The van der Waals surface area contributed by atoms with Crippen LogP contribution < -0.4 is 10.5 Å². The number of rotatable bonds is 2. The number of nitrogens with zero attached hydrogens (tertiary/aromatic N) is 7. The molecule has 19 nitrogen and oxygen atoms in total. The first-order valence-corrected chi connectivity index (χ1v) is 15.7. The number of Topliss-reactive ketones (excluding diaryl/α,β-unsaturated/α-hetero) is 1. The summed E-state index contributed by atoms with van der Waals surface area (Å²) in [4.78, 5) is 42.7. The summed E-state index contributed by atoms with van der Waals surface area (Å²) in [6, 6.07) is 0. The summed E-state index contributed by atoms with van der Waals surface area (Å²) in [5.74, 6) is -0.270. The number of nitrogen functional groups attached to an aromatic ring is 1. The second-order valence-corrected chi connectivity index (χ2v) is 12.8. The molecule has 0 aromatic carbocycles. The molecule has 22 heteroatoms. The molecular weight excluding hydrogens is 620 g/mol. The van der Waals surface area contributed by atoms with Crippen molar-refractivity contribution in [3.8, 4) is 0 Å². The van der Waals surface area contributed by atoms with Crippen LogP contribution in [0.25, 0.3) is 11.2 Å². The Bertz CT molecular complexity index is 1790. The summed E-state index contributed by atoms with van der Waals surface area (Å²) in [6.07, 6.45) is -5.08. The van der Waals surface area contributed by atoms with E-state index in [1.165, 1.54) is 28.0 Å². The molecule has 0 aliphatic carbocycles. The van der Waals surface area contributed by atoms with Crippen molar-refractivity contribution in [2.45, 2.75) is 49.5 Å². The molecule has 1 unspecified atom stereocenters. The number of phosphoric ester groups is 1. The van der Waals surface area contributed by atoms with Crippen LogP contribution in [0.2, 0.25) is 0 Å². The van der Waals surface area contributed by atoms with E-state index in [0.29, 0.717) is 5.69 Å². The minimum absolute atomic E-state index is 0.0302. The zero-order chi connectivity index (χ0) is 30.1. The molecule has 3 fully saturated rings. The van der Waals surface area contributed by atoms with E-state index in [-0.39, 0.29) is 41.4 Å². The zero-order valence-electron chi connectivity index (χ0n) is 21.7. The minimum Gasteiger partial charge on any atom is -0.382 e. The Labute approximate surface area is 241 Å². The van der Waals surface area contributed by atoms with Gasteiger partial charge in [0, 0.05) is 19.2 Å². The number of alkyl halides is 1. The fraction of sp³-hybridized carbons (Fsp3) is 0.524. The summed E-state index contributed by atoms with van der Waals surface area (Å²) in [6.45, 7) is -1.33. The highest BCUT2D eigenvalue weighted by molar-refractivity contribution is 7.84. The number of anilines is 1. The molecule has 3 saturated heterocycles. The van der Waals surface area contributed by atoms with E-state index in [2.05, 4.69) is 29.7 Å². The van der Waals surface area contributed by atoms with E-state index in [4.69, 9.17) is 28.4 Å². The second kappa shape index (κ2) is 10.4. The van der Waals surface area contributed by atoms with Crippen molar-refractivity contribution in [3.05, 3.63) is 30.4 Å². The smallest absolute Gasteiger partial charge is 0.382 e. The van der Waals surface area contributed by atoms with Crippen LogP contribution in [-0.4, -0.2) is 105 Å². The third-order valence-electron chi connectivity index (χ3n) is 7.33. The number of ketones is 1. The van der Waals surface area contributed by atoms with Crippen molar-refractivity contribution in [1.82, 2.24) is 33.8 Å². The predicted molar refractivity (Wildman–Crippen MR) is 139 cm³/mol. The molecule has 0 bridgehead atoms. The molecule has 4 aliphatic rings. The third-order valence-corrected chi connectivity index (χ3v) is 9.34. The van der Waals surface area contributed by atoms with Crippen LogP contribution in [-0.2, 0) is 37.6 Å². The topological polar surface area (TPSA) is 246 Å². The molecule has 0 amide bonds. The summed E-state index contributed by atoms with van der Waals surface area (Å²) in [7, 11) is -9.50. The fourth-order valence-corrected chi connectivity index (χ4v) is 7.27. The number of hydrogen-bond donors (Lipinski definition) is 3. The standard InChI is InChI=1S/C21H23FN9O10PS/c22-15-18-12(39-21(15)31-8-28-17-19(23)25-6-26-20(17)31)4-29-43(35,36)41-11-1-14(38-13(11)5-37-42(33,34)40-18)30-7-27-16-9(30)2-24-3-10(16)32/h2,6-8,11-15,18,21,29H,1,3-5H2,(H,33,34)(H2,23,25,26)/t11-,12+,13+,14+,15+,18+,21+/m0/s1. The van der Waals surface area contributed by atoms with Gasteiger partial charge in [-0.3, -0.25) is 27.6 Å². The van der Waals surface area contributed by atoms with E-state index >= 15 is 4.39 Å². The molecule has 4 aliphatic heterocycles. The number of nitrogens with two attached hydrogens (primary N) is 1. The lowest BCUT2D eigenvalue weighted by atomic mass is 10.1. The van der Waals surface area contributed by atoms with Gasteiger partial charge in [-0.15, -0.1) is 0 Å². The average Bonchev–Trinajstić information content (AvgIpc) is 3.72. The van der Waals surface area contributed by atoms with Gasteiger partial charge in [0.05, 0.1) is 25.0 Å². The van der Waals surface area contributed by atoms with Gasteiger partial charge in [-0.1, -0.05) is 0 Å². The highest BCUT2D eigenvalue weighted by Gasteiger charge is 2.52. The first-order valence-electron chi connectivity index (χ1n) is 12.8. The van der Waals surface area contributed by atoms with Gasteiger partial charge in [0.15, 0.2) is 23.9 Å². The van der Waals surface area contributed by atoms with E-state index in [1.54, 1.807) is 0 Å². The molecule has 0 radical (unpaired) electrons. The van der Waals surface area contributed by atoms with Gasteiger partial charge in [-0.05, 0) is 0 Å². The van der Waals surface area contributed by atoms with Crippen molar-refractivity contribution in [1.29, 1.82) is 0 Å². The van der Waals surface area contributed by atoms with Crippen molar-refractivity contribution in [2.75, 3.05) is 25.4 Å². The van der Waals surface area contributed by atoms with E-state index in [9.17, 15) is 22.7 Å². The summed E-state index contributed by atoms with van der Waals surface area (Å²) in [5, 5.41) is 0. The fourth-order valence-electron chi connectivity index (χ4n) is 5.35. The lowest BCUT2D eigenvalue weighted by Gasteiger charge is -2.25. The normalized spacial score (nSPS) is 36.0. The first kappa shape index (κ1) is 28.5. The lowest BCUT2D eigenvalue weighted by molar-refractivity contribution is -0.0479. The Hall–Kier alpha value is -3.27. The minimum atomic E-state index is -4.98. The second-order valence-electron chi connectivity index (χ2n) is 10.0. The Balaban J connectivity index is 1.14. The van der Waals surface area contributed by atoms with Crippen LogP contribution in [0.4, 0.5) is 10.2 Å². The van der Waals surface area contributed by atoms with Crippen LogP contribution in [0.5, 0.6) is 0 Å². The molecule has 0 spiro atoms. The Kier molecular flexibility index (Phi) is 6.91. The number of aliphatic imine (C=N–C) groups is 1. The van der Waals surface area contributed by atoms with Crippen LogP contribution in [0.3, 0.4) is 0 Å². The van der Waals surface area contributed by atoms with Gasteiger partial charge < -0.3 is 24.7 Å². The van der Waals surface area contributed by atoms with Gasteiger partial charge in [0.2, 0.25) is 5.78 Å². The van der Waals surface area contributed by atoms with Gasteiger partial charge in [0.1, 0.15) is 54.7 Å². The van der Waals surface area contributed by atoms with E-state index < -0.39 is 74.3 Å². The lowest BCUT2D eigenvalue weighted by Crippen LogP contribution is -2.43. The largest absolute Gasteiger partial charge is 0.472 e. The average molecular weight is 644 g/mol. The summed E-state index contributed by atoms with van der Waals surface area (Å²) >= 11 is 0. The maximum Gasteiger partial charge on any atom is 0.472 e. The highest BCUT2D eigenvalue weighted by Crippen LogP contribution is 2.50. The molecule has 0 saturated carbocycles. The van der Waals surface area contributed by atoms with Crippen molar-refractivity contribution in [2.24, 2.45) is 4.99 Å². The van der Waals surface area contributed by atoms with Crippen LogP contribution in [0.1, 0.15) is 35.1 Å². The number of nitrogens with one attached hydrogen (secondary N) is 1. The van der Waals surface area contributed by atoms with Gasteiger partial charge >= 0.3 is 18.1 Å². The number of hydrogen-bond acceptors (Lipinski definition) is 15. The van der Waals surface area contributed by atoms with Crippen molar-refractivity contribution in [3.63, 3.8) is 0 Å². The SMILES string of the molecule is Nc1ncnc2c1ncn2[C@@H]1O[C@@H]2CNS(=O)(=O)O[C@H]3C[C@H](n4cnc5c4C=NCC5=O)O[C@@H]3COP(=O)(O)O[C@H]2[C@H]1F. The molecular formula is C21H23FN9O10PS. The van der Waals surface area contributed by atoms with E-state index in [1.807, 2.05) is 0 Å². The molecule has 3 aromatic rings. The highest BCUT2D eigenvalue weighted by atomic mass is 32.2. The number of ether oxygens (including phenoxy) is 2. The first-order chi connectivity index (χ1) is 20.5. The van der Waals surface area contributed by atoms with Crippen LogP contribution in [0.15, 0.2) is 24.0 Å². The number of fused-ring (bicyclic) bond motifs is 4. The molecule has 230 valence electrons. The maximum absolute atomic E-state index is 15.8. The number of halogens is 1. The number of carbonyl (C=O) groups is 1. The van der Waals surface area contributed by atoms with Crippen LogP contribution in [0, 0.1) is 0 Å². The summed E-state index contributed by atoms with van der Waals surface area (Å²) < 4.78 is 87.0. The summed E-state index contributed by atoms with van der Waals surface area (Å²) in [5.41, 5.74) is 6.60. The predicted octanol–water partition coefficient (Wildman–Crippen LogP) is -0.821.